The van der Waals surface area contributed by atoms with Crippen LogP contribution in [0.25, 0.3) is 0 Å². The molecule has 0 atom stereocenters. The molecule has 0 unspecified atom stereocenters. The third kappa shape index (κ3) is 4.17. The van der Waals surface area contributed by atoms with E-state index < -0.39 is 4.92 Å². The fourth-order valence-electron chi connectivity index (χ4n) is 2.67. The number of carbonyl (C=O) groups is 1. The predicted octanol–water partition coefficient (Wildman–Crippen LogP) is 3.80. The van der Waals surface area contributed by atoms with Crippen molar-refractivity contribution in [3.8, 4) is 0 Å². The number of benzene rings is 1. The Morgan fingerprint density at radius 1 is 1.38 bits per heavy atom. The van der Waals surface area contributed by atoms with Crippen molar-refractivity contribution in [1.29, 1.82) is 0 Å². The van der Waals surface area contributed by atoms with Gasteiger partial charge in [-0.25, -0.2) is 0 Å². The van der Waals surface area contributed by atoms with Crippen LogP contribution in [-0.4, -0.2) is 17.4 Å². The summed E-state index contributed by atoms with van der Waals surface area (Å²) in [4.78, 5) is 22.4. The van der Waals surface area contributed by atoms with Gasteiger partial charge in [0.1, 0.15) is 0 Å². The summed E-state index contributed by atoms with van der Waals surface area (Å²) in [6.45, 7) is 2.85. The van der Waals surface area contributed by atoms with Crippen LogP contribution < -0.4 is 5.32 Å². The second kappa shape index (κ2) is 6.89. The van der Waals surface area contributed by atoms with Gasteiger partial charge in [0.25, 0.3) is 11.6 Å². The lowest BCUT2D eigenvalue weighted by Gasteiger charge is -2.26. The first-order valence-corrected chi connectivity index (χ1v) is 7.57. The van der Waals surface area contributed by atoms with Crippen molar-refractivity contribution in [1.82, 2.24) is 5.32 Å². The molecule has 0 aliphatic heterocycles. The van der Waals surface area contributed by atoms with Gasteiger partial charge < -0.3 is 5.32 Å². The van der Waals surface area contributed by atoms with Gasteiger partial charge in [0.15, 0.2) is 0 Å². The molecule has 1 aromatic carbocycles. The van der Waals surface area contributed by atoms with E-state index in [9.17, 15) is 14.9 Å². The van der Waals surface area contributed by atoms with Gasteiger partial charge in [0.2, 0.25) is 0 Å². The number of amides is 1. The lowest BCUT2D eigenvalue weighted by atomic mass is 9.83. The number of hydrogen-bond donors (Lipinski definition) is 1. The first-order chi connectivity index (χ1) is 9.97. The Morgan fingerprint density at radius 2 is 2.05 bits per heavy atom. The number of halogens is 1. The second-order valence-electron chi connectivity index (χ2n) is 5.76. The van der Waals surface area contributed by atoms with E-state index in [0.717, 1.165) is 18.8 Å². The third-order valence-electron chi connectivity index (χ3n) is 4.09. The van der Waals surface area contributed by atoms with Crippen LogP contribution in [0.15, 0.2) is 18.2 Å². The van der Waals surface area contributed by atoms with E-state index in [2.05, 4.69) is 12.2 Å². The third-order valence-corrected chi connectivity index (χ3v) is 4.42. The van der Waals surface area contributed by atoms with Crippen LogP contribution in [0.4, 0.5) is 5.69 Å². The van der Waals surface area contributed by atoms with Gasteiger partial charge in [0.05, 0.1) is 15.5 Å². The van der Waals surface area contributed by atoms with Gasteiger partial charge in [0, 0.05) is 18.7 Å². The number of nitro benzene ring substituents is 1. The Hall–Kier alpha value is -1.62. The second-order valence-corrected chi connectivity index (χ2v) is 6.16. The van der Waals surface area contributed by atoms with E-state index in [0.29, 0.717) is 12.5 Å². The Bertz CT molecular complexity index is 540. The maximum absolute atomic E-state index is 12.1. The lowest BCUT2D eigenvalue weighted by molar-refractivity contribution is -0.384. The summed E-state index contributed by atoms with van der Waals surface area (Å²) >= 11 is 5.95. The molecule has 2 rings (SSSR count). The highest BCUT2D eigenvalue weighted by molar-refractivity contribution is 6.33. The highest BCUT2D eigenvalue weighted by atomic mass is 35.5. The topological polar surface area (TPSA) is 72.2 Å². The van der Waals surface area contributed by atoms with Crippen molar-refractivity contribution in [3.05, 3.63) is 38.9 Å². The number of non-ortho nitro benzene ring substituents is 1. The molecule has 0 bridgehead atoms. The molecule has 0 aromatic heterocycles. The predicted molar refractivity (Wildman–Crippen MR) is 81.6 cm³/mol. The van der Waals surface area contributed by atoms with Crippen molar-refractivity contribution < 1.29 is 9.72 Å². The number of carbonyl (C=O) groups excluding carboxylic acids is 1. The van der Waals surface area contributed by atoms with Crippen LogP contribution in [0.5, 0.6) is 0 Å². The van der Waals surface area contributed by atoms with Gasteiger partial charge in [-0.3, -0.25) is 14.9 Å². The van der Waals surface area contributed by atoms with Gasteiger partial charge in [-0.2, -0.15) is 0 Å². The fraction of sp³-hybridized carbons (Fsp3) is 0.533. The molecule has 0 spiro atoms. The Balaban J connectivity index is 1.97. The zero-order valence-electron chi connectivity index (χ0n) is 12.0. The van der Waals surface area contributed by atoms with Crippen LogP contribution in [0, 0.1) is 22.0 Å². The number of nitro groups is 1. The molecule has 21 heavy (non-hydrogen) atoms. The summed E-state index contributed by atoms with van der Waals surface area (Å²) in [6, 6.07) is 3.90. The number of hydrogen-bond acceptors (Lipinski definition) is 3. The van der Waals surface area contributed by atoms with Gasteiger partial charge >= 0.3 is 0 Å². The molecule has 0 radical (unpaired) electrons. The minimum atomic E-state index is -0.532. The van der Waals surface area contributed by atoms with Crippen LogP contribution in [0.3, 0.4) is 0 Å². The molecule has 0 saturated heterocycles. The highest BCUT2D eigenvalue weighted by Crippen LogP contribution is 2.28. The zero-order chi connectivity index (χ0) is 15.4. The first kappa shape index (κ1) is 15.8. The molecule has 1 saturated carbocycles. The first-order valence-electron chi connectivity index (χ1n) is 7.19. The molecule has 6 heteroatoms. The molecule has 5 nitrogen and oxygen atoms in total. The minimum absolute atomic E-state index is 0.129. The Labute approximate surface area is 128 Å². The molecular formula is C15H19ClN2O3. The van der Waals surface area contributed by atoms with Crippen molar-refractivity contribution in [3.63, 3.8) is 0 Å². The smallest absolute Gasteiger partial charge is 0.270 e. The molecule has 0 heterocycles. The Morgan fingerprint density at radius 3 is 2.67 bits per heavy atom. The van der Waals surface area contributed by atoms with E-state index >= 15 is 0 Å². The average molecular weight is 311 g/mol. The SMILES string of the molecule is CC1CCC(CNC(=O)c2cc([N+](=O)[O-])ccc2Cl)CC1. The zero-order valence-corrected chi connectivity index (χ0v) is 12.7. The van der Waals surface area contributed by atoms with Crippen molar-refractivity contribution in [2.45, 2.75) is 32.6 Å². The number of nitrogens with zero attached hydrogens (tertiary/aromatic N) is 1. The molecule has 114 valence electrons. The summed E-state index contributed by atoms with van der Waals surface area (Å²) in [7, 11) is 0. The largest absolute Gasteiger partial charge is 0.352 e. The lowest BCUT2D eigenvalue weighted by Crippen LogP contribution is -2.31. The quantitative estimate of drug-likeness (QED) is 0.679. The molecule has 1 aliphatic carbocycles. The number of rotatable bonds is 4. The molecule has 1 aliphatic rings. The van der Waals surface area contributed by atoms with Crippen LogP contribution in [0.2, 0.25) is 5.02 Å². The van der Waals surface area contributed by atoms with Crippen molar-refractivity contribution >= 4 is 23.2 Å². The van der Waals surface area contributed by atoms with Crippen LogP contribution >= 0.6 is 11.6 Å². The van der Waals surface area contributed by atoms with E-state index in [1.807, 2.05) is 0 Å². The molecule has 1 aromatic rings. The number of nitrogens with one attached hydrogen (secondary N) is 1. The van der Waals surface area contributed by atoms with E-state index in [1.54, 1.807) is 0 Å². The molecular weight excluding hydrogens is 292 g/mol. The normalized spacial score (nSPS) is 21.8. The van der Waals surface area contributed by atoms with E-state index in [4.69, 9.17) is 11.6 Å². The molecule has 1 amide bonds. The average Bonchev–Trinajstić information content (AvgIpc) is 2.46. The fourth-order valence-corrected chi connectivity index (χ4v) is 2.87. The van der Waals surface area contributed by atoms with Crippen molar-refractivity contribution in [2.24, 2.45) is 11.8 Å². The van der Waals surface area contributed by atoms with Gasteiger partial charge in [-0.1, -0.05) is 31.4 Å². The molecule has 1 fully saturated rings. The van der Waals surface area contributed by atoms with Gasteiger partial charge in [-0.15, -0.1) is 0 Å². The van der Waals surface area contributed by atoms with E-state index in [-0.39, 0.29) is 22.2 Å². The summed E-state index contributed by atoms with van der Waals surface area (Å²) < 4.78 is 0. The summed E-state index contributed by atoms with van der Waals surface area (Å²) in [6.07, 6.45) is 4.62. The highest BCUT2D eigenvalue weighted by Gasteiger charge is 2.20. The molecule has 1 N–H and O–H groups in total. The van der Waals surface area contributed by atoms with Crippen LogP contribution in [-0.2, 0) is 0 Å². The minimum Gasteiger partial charge on any atom is -0.352 e. The monoisotopic (exact) mass is 310 g/mol. The standard InChI is InChI=1S/C15H19ClN2O3/c1-10-2-4-11(5-3-10)9-17-15(19)13-8-12(18(20)21)6-7-14(13)16/h6-8,10-11H,2-5,9H2,1H3,(H,17,19). The summed E-state index contributed by atoms with van der Waals surface area (Å²) in [5, 5.41) is 13.8. The van der Waals surface area contributed by atoms with Gasteiger partial charge in [-0.05, 0) is 30.7 Å². The summed E-state index contributed by atoms with van der Waals surface area (Å²) in [5.41, 5.74) is 0.0334. The van der Waals surface area contributed by atoms with Crippen LogP contribution in [0.1, 0.15) is 43.0 Å². The van der Waals surface area contributed by atoms with E-state index in [1.165, 1.54) is 31.0 Å². The van der Waals surface area contributed by atoms with Crippen molar-refractivity contribution in [2.75, 3.05) is 6.54 Å². The maximum atomic E-state index is 12.1. The summed E-state index contributed by atoms with van der Waals surface area (Å²) in [5.74, 6) is 0.910. The Kier molecular flexibility index (Phi) is 5.17. The maximum Gasteiger partial charge on any atom is 0.270 e.